The highest BCUT2D eigenvalue weighted by Gasteiger charge is 2.19. The van der Waals surface area contributed by atoms with Gasteiger partial charge in [-0.1, -0.05) is 84.4 Å². The van der Waals surface area contributed by atoms with Gasteiger partial charge >= 0.3 is 0 Å². The Labute approximate surface area is 138 Å². The van der Waals surface area contributed by atoms with Crippen LogP contribution in [-0.4, -0.2) is 0 Å². The van der Waals surface area contributed by atoms with E-state index in [-0.39, 0.29) is 0 Å². The molecule has 0 aromatic heterocycles. The highest BCUT2D eigenvalue weighted by Crippen LogP contribution is 2.33. The van der Waals surface area contributed by atoms with Gasteiger partial charge in [0.2, 0.25) is 0 Å². The highest BCUT2D eigenvalue weighted by atomic mass is 35.5. The van der Waals surface area contributed by atoms with Gasteiger partial charge in [0.05, 0.1) is 0 Å². The van der Waals surface area contributed by atoms with Crippen LogP contribution in [0, 0.1) is 5.92 Å². The number of allylic oxidation sites excluding steroid dienone is 4. The third-order valence-corrected chi connectivity index (χ3v) is 4.74. The lowest BCUT2D eigenvalue weighted by Gasteiger charge is -2.24. The number of aryl methyl sites for hydroxylation is 1. The van der Waals surface area contributed by atoms with Gasteiger partial charge in [-0.2, -0.15) is 0 Å². The molecule has 0 amide bonds. The normalized spacial score (nSPS) is 20.2. The maximum Gasteiger partial charge on any atom is 0.0437 e. The first kappa shape index (κ1) is 15.1. The van der Waals surface area contributed by atoms with E-state index in [1.54, 1.807) is 0 Å². The van der Waals surface area contributed by atoms with Gasteiger partial charge in [0.15, 0.2) is 0 Å². The van der Waals surface area contributed by atoms with E-state index >= 15 is 0 Å². The van der Waals surface area contributed by atoms with Crippen molar-refractivity contribution >= 4 is 11.6 Å². The number of halogens is 1. The van der Waals surface area contributed by atoms with Gasteiger partial charge in [-0.15, -0.1) is 0 Å². The lowest BCUT2D eigenvalue weighted by atomic mass is 9.80. The van der Waals surface area contributed by atoms with Gasteiger partial charge in [0, 0.05) is 10.9 Å². The third kappa shape index (κ3) is 3.69. The SMILES string of the molecule is Clc1ccccc1CCCC1C=CC=CC1c1ccccc1. The molecule has 2 aromatic carbocycles. The Morgan fingerprint density at radius 2 is 1.55 bits per heavy atom. The molecule has 2 atom stereocenters. The van der Waals surface area contributed by atoms with E-state index in [4.69, 9.17) is 11.6 Å². The molecule has 0 nitrogen and oxygen atoms in total. The van der Waals surface area contributed by atoms with Crippen molar-refractivity contribution in [2.45, 2.75) is 25.2 Å². The van der Waals surface area contributed by atoms with Crippen LogP contribution in [0.15, 0.2) is 78.9 Å². The van der Waals surface area contributed by atoms with Gasteiger partial charge < -0.3 is 0 Å². The molecule has 1 heteroatoms. The van der Waals surface area contributed by atoms with Crippen LogP contribution in [0.3, 0.4) is 0 Å². The average Bonchev–Trinajstić information content (AvgIpc) is 2.58. The monoisotopic (exact) mass is 308 g/mol. The van der Waals surface area contributed by atoms with Crippen LogP contribution in [0.5, 0.6) is 0 Å². The van der Waals surface area contributed by atoms with Crippen molar-refractivity contribution in [3.8, 4) is 0 Å². The maximum absolute atomic E-state index is 6.25. The van der Waals surface area contributed by atoms with Crippen LogP contribution < -0.4 is 0 Å². The molecule has 0 saturated heterocycles. The van der Waals surface area contributed by atoms with Crippen molar-refractivity contribution in [2.24, 2.45) is 5.92 Å². The van der Waals surface area contributed by atoms with Crippen molar-refractivity contribution in [1.29, 1.82) is 0 Å². The van der Waals surface area contributed by atoms with Gasteiger partial charge in [0.25, 0.3) is 0 Å². The van der Waals surface area contributed by atoms with E-state index in [1.807, 2.05) is 12.1 Å². The van der Waals surface area contributed by atoms with Crippen LogP contribution in [0.2, 0.25) is 5.02 Å². The number of hydrogen-bond acceptors (Lipinski definition) is 0. The predicted octanol–water partition coefficient (Wildman–Crippen LogP) is 6.19. The summed E-state index contributed by atoms with van der Waals surface area (Å²) in [6, 6.07) is 19.0. The van der Waals surface area contributed by atoms with Crippen molar-refractivity contribution in [3.63, 3.8) is 0 Å². The van der Waals surface area contributed by atoms with Gasteiger partial charge in [-0.25, -0.2) is 0 Å². The lowest BCUT2D eigenvalue weighted by molar-refractivity contribution is 0.511. The minimum atomic E-state index is 0.498. The third-order valence-electron chi connectivity index (χ3n) is 4.38. The Balaban J connectivity index is 1.62. The summed E-state index contributed by atoms with van der Waals surface area (Å²) in [6.45, 7) is 0. The van der Waals surface area contributed by atoms with E-state index in [1.165, 1.54) is 17.5 Å². The number of hydrogen-bond donors (Lipinski definition) is 0. The summed E-state index contributed by atoms with van der Waals surface area (Å²) in [5.41, 5.74) is 2.67. The smallest absolute Gasteiger partial charge is 0.0437 e. The second-order valence-electron chi connectivity index (χ2n) is 5.85. The Bertz CT molecular complexity index is 655. The fourth-order valence-corrected chi connectivity index (χ4v) is 3.42. The van der Waals surface area contributed by atoms with Crippen molar-refractivity contribution < 1.29 is 0 Å². The summed E-state index contributed by atoms with van der Waals surface area (Å²) in [5, 5.41) is 0.890. The first-order valence-electron chi connectivity index (χ1n) is 7.98. The first-order chi connectivity index (χ1) is 10.8. The lowest BCUT2D eigenvalue weighted by Crippen LogP contribution is -2.11. The molecule has 0 fully saturated rings. The minimum absolute atomic E-state index is 0.498. The van der Waals surface area contributed by atoms with Crippen LogP contribution in [0.1, 0.15) is 29.9 Å². The zero-order chi connectivity index (χ0) is 15.2. The fourth-order valence-electron chi connectivity index (χ4n) is 3.19. The molecule has 0 saturated carbocycles. The van der Waals surface area contributed by atoms with E-state index in [0.29, 0.717) is 11.8 Å². The molecule has 22 heavy (non-hydrogen) atoms. The van der Waals surface area contributed by atoms with Crippen LogP contribution in [0.4, 0.5) is 0 Å². The van der Waals surface area contributed by atoms with E-state index in [0.717, 1.165) is 17.9 Å². The molecule has 2 aromatic rings. The Morgan fingerprint density at radius 1 is 0.818 bits per heavy atom. The van der Waals surface area contributed by atoms with Gasteiger partial charge in [-0.05, 0) is 42.4 Å². The van der Waals surface area contributed by atoms with Crippen LogP contribution in [0.25, 0.3) is 0 Å². The molecule has 0 aliphatic heterocycles. The molecule has 1 aliphatic carbocycles. The summed E-state index contributed by atoms with van der Waals surface area (Å²) in [7, 11) is 0. The maximum atomic E-state index is 6.25. The van der Waals surface area contributed by atoms with Crippen LogP contribution >= 0.6 is 11.6 Å². The quantitative estimate of drug-likeness (QED) is 0.618. The molecule has 0 spiro atoms. The molecule has 3 rings (SSSR count). The molecular weight excluding hydrogens is 288 g/mol. The van der Waals surface area contributed by atoms with Crippen molar-refractivity contribution in [1.82, 2.24) is 0 Å². The molecule has 2 unspecified atom stereocenters. The Hall–Kier alpha value is -1.79. The fraction of sp³-hybridized carbons (Fsp3) is 0.238. The van der Waals surface area contributed by atoms with E-state index < -0.39 is 0 Å². The molecular formula is C21H21Cl. The van der Waals surface area contributed by atoms with Crippen LogP contribution in [-0.2, 0) is 6.42 Å². The van der Waals surface area contributed by atoms with E-state index in [2.05, 4.69) is 66.8 Å². The zero-order valence-electron chi connectivity index (χ0n) is 12.7. The summed E-state index contributed by atoms with van der Waals surface area (Å²) in [5.74, 6) is 1.08. The molecule has 0 radical (unpaired) electrons. The van der Waals surface area contributed by atoms with Crippen molar-refractivity contribution in [2.75, 3.05) is 0 Å². The number of rotatable bonds is 5. The van der Waals surface area contributed by atoms with Crippen molar-refractivity contribution in [3.05, 3.63) is 95.1 Å². The molecule has 1 aliphatic rings. The Kier molecular flexibility index (Phi) is 5.13. The molecule has 112 valence electrons. The molecule has 0 heterocycles. The molecule has 0 bridgehead atoms. The average molecular weight is 309 g/mol. The largest absolute Gasteiger partial charge is 0.0840 e. The predicted molar refractivity (Wildman–Crippen MR) is 95.3 cm³/mol. The summed E-state index contributed by atoms with van der Waals surface area (Å²) < 4.78 is 0. The van der Waals surface area contributed by atoms with Gasteiger partial charge in [-0.3, -0.25) is 0 Å². The summed E-state index contributed by atoms with van der Waals surface area (Å²) in [6.07, 6.45) is 12.4. The highest BCUT2D eigenvalue weighted by molar-refractivity contribution is 6.31. The summed E-state index contributed by atoms with van der Waals surface area (Å²) in [4.78, 5) is 0. The second-order valence-corrected chi connectivity index (χ2v) is 6.26. The Morgan fingerprint density at radius 3 is 2.36 bits per heavy atom. The van der Waals surface area contributed by atoms with Gasteiger partial charge in [0.1, 0.15) is 0 Å². The zero-order valence-corrected chi connectivity index (χ0v) is 13.4. The minimum Gasteiger partial charge on any atom is -0.0840 e. The number of benzene rings is 2. The molecule has 0 N–H and O–H groups in total. The van der Waals surface area contributed by atoms with E-state index in [9.17, 15) is 0 Å². The standard InChI is InChI=1S/C21H21Cl/c22-21-16-7-5-12-19(21)14-8-13-18-11-4-6-15-20(18)17-9-2-1-3-10-17/h1-7,9-12,15-16,18,20H,8,13-14H2. The topological polar surface area (TPSA) is 0 Å². The first-order valence-corrected chi connectivity index (χ1v) is 8.36. The second kappa shape index (κ2) is 7.47. The summed E-state index contributed by atoms with van der Waals surface area (Å²) >= 11 is 6.25.